The van der Waals surface area contributed by atoms with Gasteiger partial charge in [0.15, 0.2) is 6.29 Å². The minimum Gasteiger partial charge on any atom is -0.352 e. The maximum atomic E-state index is 6.34. The monoisotopic (exact) mass is 338 g/mol. The Balaban J connectivity index is 1.60. The fourth-order valence-corrected chi connectivity index (χ4v) is 4.48. The second-order valence-electron chi connectivity index (χ2n) is 8.27. The molecule has 2 rings (SSSR count). The summed E-state index contributed by atoms with van der Waals surface area (Å²) in [4.78, 5) is 0. The van der Waals surface area contributed by atoms with Crippen molar-refractivity contribution in [2.45, 2.75) is 123 Å². The zero-order valence-corrected chi connectivity index (χ0v) is 16.4. The molecule has 1 aliphatic carbocycles. The number of rotatable bonds is 11. The highest BCUT2D eigenvalue weighted by Crippen LogP contribution is 2.36. The molecule has 2 unspecified atom stereocenters. The Morgan fingerprint density at radius 1 is 0.708 bits per heavy atom. The number of hydrogen-bond acceptors (Lipinski definition) is 2. The molecule has 0 N–H and O–H groups in total. The Hall–Kier alpha value is -0.0800. The molecule has 2 fully saturated rings. The van der Waals surface area contributed by atoms with Crippen molar-refractivity contribution in [3.63, 3.8) is 0 Å². The van der Waals surface area contributed by atoms with Crippen molar-refractivity contribution in [1.82, 2.24) is 0 Å². The zero-order chi connectivity index (χ0) is 17.0. The molecule has 0 aromatic rings. The predicted molar refractivity (Wildman–Crippen MR) is 102 cm³/mol. The summed E-state index contributed by atoms with van der Waals surface area (Å²) in [5, 5.41) is 0. The highest BCUT2D eigenvalue weighted by Gasteiger charge is 2.32. The molecule has 1 heterocycles. The average molecular weight is 339 g/mol. The SMILES string of the molecule is CCCCCCCC1CCOC([C@H]2CC[C@H](CCCCC)CC2)O1. The highest BCUT2D eigenvalue weighted by atomic mass is 16.7. The summed E-state index contributed by atoms with van der Waals surface area (Å²) in [7, 11) is 0. The van der Waals surface area contributed by atoms with Crippen LogP contribution < -0.4 is 0 Å². The molecule has 1 aliphatic heterocycles. The molecule has 0 aromatic heterocycles. The van der Waals surface area contributed by atoms with Crippen LogP contribution in [0, 0.1) is 11.8 Å². The van der Waals surface area contributed by atoms with Gasteiger partial charge in [0.1, 0.15) is 0 Å². The van der Waals surface area contributed by atoms with Crippen LogP contribution in [0.2, 0.25) is 0 Å². The van der Waals surface area contributed by atoms with Crippen molar-refractivity contribution in [2.75, 3.05) is 6.61 Å². The average Bonchev–Trinajstić information content (AvgIpc) is 2.63. The first kappa shape index (κ1) is 20.2. The molecule has 1 saturated carbocycles. The Morgan fingerprint density at radius 3 is 2.12 bits per heavy atom. The lowest BCUT2D eigenvalue weighted by Crippen LogP contribution is -2.38. The van der Waals surface area contributed by atoms with Crippen LogP contribution in [0.4, 0.5) is 0 Å². The van der Waals surface area contributed by atoms with E-state index in [-0.39, 0.29) is 6.29 Å². The standard InChI is InChI=1S/C22H42O2/c1-3-5-7-8-10-12-21-17-18-23-22(24-21)20-15-13-19(14-16-20)11-9-6-4-2/h19-22H,3-18H2,1-2H3/t19-,20-,21?,22?. The van der Waals surface area contributed by atoms with E-state index in [1.165, 1.54) is 89.9 Å². The molecule has 1 saturated heterocycles. The van der Waals surface area contributed by atoms with Crippen LogP contribution >= 0.6 is 0 Å². The van der Waals surface area contributed by atoms with E-state index in [0.29, 0.717) is 12.0 Å². The molecule has 24 heavy (non-hydrogen) atoms. The molecule has 2 nitrogen and oxygen atoms in total. The second kappa shape index (κ2) is 12.3. The van der Waals surface area contributed by atoms with Crippen molar-refractivity contribution in [3.05, 3.63) is 0 Å². The highest BCUT2D eigenvalue weighted by molar-refractivity contribution is 4.77. The van der Waals surface area contributed by atoms with Crippen LogP contribution in [0.3, 0.4) is 0 Å². The van der Waals surface area contributed by atoms with Gasteiger partial charge in [-0.1, -0.05) is 71.6 Å². The van der Waals surface area contributed by atoms with E-state index in [4.69, 9.17) is 9.47 Å². The van der Waals surface area contributed by atoms with Gasteiger partial charge in [-0.15, -0.1) is 0 Å². The van der Waals surface area contributed by atoms with E-state index in [1.54, 1.807) is 0 Å². The predicted octanol–water partition coefficient (Wildman–Crippen LogP) is 6.87. The second-order valence-corrected chi connectivity index (χ2v) is 8.27. The third-order valence-corrected chi connectivity index (χ3v) is 6.17. The van der Waals surface area contributed by atoms with Gasteiger partial charge in [-0.05, 0) is 44.4 Å². The molecular formula is C22H42O2. The first-order chi connectivity index (χ1) is 11.8. The van der Waals surface area contributed by atoms with Crippen molar-refractivity contribution in [1.29, 1.82) is 0 Å². The topological polar surface area (TPSA) is 18.5 Å². The van der Waals surface area contributed by atoms with Crippen LogP contribution in [0.1, 0.15) is 110 Å². The number of unbranched alkanes of at least 4 members (excludes halogenated alkanes) is 6. The molecule has 0 amide bonds. The third-order valence-electron chi connectivity index (χ3n) is 6.17. The van der Waals surface area contributed by atoms with Crippen LogP contribution in [0.25, 0.3) is 0 Å². The fraction of sp³-hybridized carbons (Fsp3) is 1.00. The zero-order valence-electron chi connectivity index (χ0n) is 16.4. The van der Waals surface area contributed by atoms with E-state index in [2.05, 4.69) is 13.8 Å². The van der Waals surface area contributed by atoms with E-state index < -0.39 is 0 Å². The molecular weight excluding hydrogens is 296 g/mol. The summed E-state index contributed by atoms with van der Waals surface area (Å²) in [5.74, 6) is 1.64. The summed E-state index contributed by atoms with van der Waals surface area (Å²) in [6.45, 7) is 5.50. The Morgan fingerprint density at radius 2 is 1.38 bits per heavy atom. The first-order valence-corrected chi connectivity index (χ1v) is 11.1. The number of hydrogen-bond donors (Lipinski definition) is 0. The van der Waals surface area contributed by atoms with Crippen LogP contribution in [0.15, 0.2) is 0 Å². The summed E-state index contributed by atoms with van der Waals surface area (Å²) in [6, 6.07) is 0. The van der Waals surface area contributed by atoms with Crippen molar-refractivity contribution in [2.24, 2.45) is 11.8 Å². The van der Waals surface area contributed by atoms with Crippen LogP contribution in [0.5, 0.6) is 0 Å². The maximum absolute atomic E-state index is 6.34. The van der Waals surface area contributed by atoms with Gasteiger partial charge in [0.05, 0.1) is 12.7 Å². The molecule has 0 aromatic carbocycles. The third kappa shape index (κ3) is 7.44. The maximum Gasteiger partial charge on any atom is 0.160 e. The minimum atomic E-state index is 0.107. The molecule has 0 spiro atoms. The van der Waals surface area contributed by atoms with Gasteiger partial charge in [-0.3, -0.25) is 0 Å². The molecule has 142 valence electrons. The van der Waals surface area contributed by atoms with Crippen molar-refractivity contribution >= 4 is 0 Å². The quantitative estimate of drug-likeness (QED) is 0.383. The Labute approximate surface area is 151 Å². The molecule has 2 atom stereocenters. The van der Waals surface area contributed by atoms with Gasteiger partial charge in [0.2, 0.25) is 0 Å². The van der Waals surface area contributed by atoms with Crippen molar-refractivity contribution in [3.8, 4) is 0 Å². The summed E-state index contributed by atoms with van der Waals surface area (Å²) in [5.41, 5.74) is 0. The number of ether oxygens (including phenoxy) is 2. The Kier molecular flexibility index (Phi) is 10.4. The van der Waals surface area contributed by atoms with Crippen LogP contribution in [-0.2, 0) is 9.47 Å². The largest absolute Gasteiger partial charge is 0.352 e. The smallest absolute Gasteiger partial charge is 0.160 e. The van der Waals surface area contributed by atoms with Gasteiger partial charge < -0.3 is 9.47 Å². The minimum absolute atomic E-state index is 0.107. The summed E-state index contributed by atoms with van der Waals surface area (Å²) < 4.78 is 12.3. The Bertz CT molecular complexity index is 296. The lowest BCUT2D eigenvalue weighted by atomic mass is 9.79. The van der Waals surface area contributed by atoms with Gasteiger partial charge >= 0.3 is 0 Å². The normalized spacial score (nSPS) is 31.2. The van der Waals surface area contributed by atoms with Gasteiger partial charge in [0, 0.05) is 5.92 Å². The van der Waals surface area contributed by atoms with Gasteiger partial charge in [-0.2, -0.15) is 0 Å². The lowest BCUT2D eigenvalue weighted by molar-refractivity contribution is -0.241. The summed E-state index contributed by atoms with van der Waals surface area (Å²) in [6.07, 6.45) is 20.8. The first-order valence-electron chi connectivity index (χ1n) is 11.1. The molecule has 2 heteroatoms. The van der Waals surface area contributed by atoms with Crippen molar-refractivity contribution < 1.29 is 9.47 Å². The lowest BCUT2D eigenvalue weighted by Gasteiger charge is -2.38. The summed E-state index contributed by atoms with van der Waals surface area (Å²) >= 11 is 0. The van der Waals surface area contributed by atoms with Gasteiger partial charge in [-0.25, -0.2) is 0 Å². The molecule has 0 bridgehead atoms. The van der Waals surface area contributed by atoms with E-state index >= 15 is 0 Å². The van der Waals surface area contributed by atoms with Crippen LogP contribution in [-0.4, -0.2) is 19.0 Å². The van der Waals surface area contributed by atoms with E-state index in [1.807, 2.05) is 0 Å². The van der Waals surface area contributed by atoms with Gasteiger partial charge in [0.25, 0.3) is 0 Å². The van der Waals surface area contributed by atoms with E-state index in [0.717, 1.165) is 18.9 Å². The molecule has 0 radical (unpaired) electrons. The molecule has 2 aliphatic rings. The fourth-order valence-electron chi connectivity index (χ4n) is 4.48. The van der Waals surface area contributed by atoms with E-state index in [9.17, 15) is 0 Å².